The zero-order valence-electron chi connectivity index (χ0n) is 10.9. The van der Waals surface area contributed by atoms with Gasteiger partial charge in [-0.1, -0.05) is 19.8 Å². The van der Waals surface area contributed by atoms with Crippen LogP contribution in [0.4, 0.5) is 4.79 Å². The molecular weight excluding hydrogens is 287 g/mol. The number of nitrogens with zero attached hydrogens (tertiary/aromatic N) is 1. The summed E-state index contributed by atoms with van der Waals surface area (Å²) in [7, 11) is 0. The molecule has 0 unspecified atom stereocenters. The van der Waals surface area contributed by atoms with E-state index in [1.54, 1.807) is 0 Å². The van der Waals surface area contributed by atoms with Gasteiger partial charge in [-0.2, -0.15) is 0 Å². The predicted octanol–water partition coefficient (Wildman–Crippen LogP) is 2.68. The second kappa shape index (κ2) is 4.26. The lowest BCUT2D eigenvalue weighted by molar-refractivity contribution is -0.134. The second-order valence-corrected chi connectivity index (χ2v) is 7.67. The van der Waals surface area contributed by atoms with Crippen LogP contribution in [0.5, 0.6) is 0 Å². The van der Waals surface area contributed by atoms with E-state index in [0.717, 1.165) is 25.7 Å². The largest absolute Gasteiger partial charge is 0.325 e. The molecule has 3 fully saturated rings. The smallest absolute Gasteiger partial charge is 0.323 e. The minimum Gasteiger partial charge on any atom is -0.323 e. The standard InChI is InChI=1S/C13H18Cl2N2O2/c1-8-4-2-3-5-12(8)10(18)17(11(19)16-12)7-9-6-13(9,14)15/h8-9H,2-7H2,1H3,(H,16,19)/t8-,9+,12-/m1/s1. The summed E-state index contributed by atoms with van der Waals surface area (Å²) in [5, 5.41) is 2.93. The number of alkyl halides is 2. The number of carbonyl (C=O) groups excluding carboxylic acids is 2. The molecule has 19 heavy (non-hydrogen) atoms. The summed E-state index contributed by atoms with van der Waals surface area (Å²) >= 11 is 12.0. The Balaban J connectivity index is 1.77. The van der Waals surface area contributed by atoms with Crippen LogP contribution >= 0.6 is 23.2 Å². The highest BCUT2D eigenvalue weighted by Gasteiger charge is 2.59. The molecule has 1 aliphatic heterocycles. The van der Waals surface area contributed by atoms with E-state index in [1.807, 2.05) is 6.92 Å². The van der Waals surface area contributed by atoms with Crippen molar-refractivity contribution in [3.63, 3.8) is 0 Å². The molecule has 4 nitrogen and oxygen atoms in total. The third-order valence-electron chi connectivity index (χ3n) is 4.86. The fourth-order valence-corrected chi connectivity index (χ4v) is 3.86. The quantitative estimate of drug-likeness (QED) is 0.630. The fourth-order valence-electron chi connectivity index (χ4n) is 3.35. The first kappa shape index (κ1) is 13.5. The first-order valence-electron chi connectivity index (χ1n) is 6.89. The van der Waals surface area contributed by atoms with Gasteiger partial charge >= 0.3 is 6.03 Å². The van der Waals surface area contributed by atoms with Gasteiger partial charge in [0.15, 0.2) is 0 Å². The van der Waals surface area contributed by atoms with Crippen molar-refractivity contribution >= 4 is 35.1 Å². The molecule has 3 aliphatic rings. The minimum absolute atomic E-state index is 0.0135. The van der Waals surface area contributed by atoms with Crippen molar-refractivity contribution in [1.82, 2.24) is 10.2 Å². The highest BCUT2D eigenvalue weighted by atomic mass is 35.5. The number of amides is 3. The molecule has 1 spiro atoms. The van der Waals surface area contributed by atoms with Gasteiger partial charge in [0.2, 0.25) is 0 Å². The van der Waals surface area contributed by atoms with E-state index in [2.05, 4.69) is 5.32 Å². The molecule has 2 aliphatic carbocycles. The van der Waals surface area contributed by atoms with Gasteiger partial charge in [0.25, 0.3) is 5.91 Å². The fraction of sp³-hybridized carbons (Fsp3) is 0.846. The van der Waals surface area contributed by atoms with Crippen LogP contribution < -0.4 is 5.32 Å². The maximum Gasteiger partial charge on any atom is 0.325 e. The van der Waals surface area contributed by atoms with Crippen LogP contribution in [-0.4, -0.2) is 33.3 Å². The van der Waals surface area contributed by atoms with Crippen LogP contribution in [0.15, 0.2) is 0 Å². The normalized spacial score (nSPS) is 40.7. The van der Waals surface area contributed by atoms with Crippen LogP contribution in [0.25, 0.3) is 0 Å². The van der Waals surface area contributed by atoms with E-state index < -0.39 is 9.87 Å². The molecule has 3 rings (SSSR count). The highest BCUT2D eigenvalue weighted by molar-refractivity contribution is 6.50. The first-order chi connectivity index (χ1) is 8.87. The van der Waals surface area contributed by atoms with Gasteiger partial charge < -0.3 is 5.32 Å². The van der Waals surface area contributed by atoms with Crippen molar-refractivity contribution in [2.75, 3.05) is 6.54 Å². The number of nitrogens with one attached hydrogen (secondary N) is 1. The van der Waals surface area contributed by atoms with Crippen molar-refractivity contribution < 1.29 is 9.59 Å². The van der Waals surface area contributed by atoms with Gasteiger partial charge in [-0.25, -0.2) is 4.79 Å². The number of imide groups is 1. The van der Waals surface area contributed by atoms with Gasteiger partial charge in [-0.05, 0) is 25.2 Å². The van der Waals surface area contributed by atoms with Gasteiger partial charge in [-0.15, -0.1) is 23.2 Å². The summed E-state index contributed by atoms with van der Waals surface area (Å²) in [6.07, 6.45) is 4.49. The minimum atomic E-state index is -0.755. The summed E-state index contributed by atoms with van der Waals surface area (Å²) in [4.78, 5) is 26.0. The Hall–Kier alpha value is -0.480. The van der Waals surface area contributed by atoms with Gasteiger partial charge in [0, 0.05) is 12.5 Å². The zero-order valence-corrected chi connectivity index (χ0v) is 12.4. The summed E-state index contributed by atoms with van der Waals surface area (Å²) in [6, 6.07) is -0.283. The molecule has 2 saturated carbocycles. The number of urea groups is 1. The average Bonchev–Trinajstić information content (AvgIpc) is 2.87. The molecule has 3 atom stereocenters. The molecule has 0 radical (unpaired) electrons. The topological polar surface area (TPSA) is 49.4 Å². The summed E-state index contributed by atoms with van der Waals surface area (Å²) in [5.41, 5.74) is -0.675. The molecule has 3 amide bonds. The lowest BCUT2D eigenvalue weighted by Gasteiger charge is -2.36. The van der Waals surface area contributed by atoms with E-state index in [9.17, 15) is 9.59 Å². The molecular formula is C13H18Cl2N2O2. The molecule has 6 heteroatoms. The molecule has 0 aromatic rings. The van der Waals surface area contributed by atoms with E-state index in [4.69, 9.17) is 23.2 Å². The van der Waals surface area contributed by atoms with Crippen LogP contribution in [0.1, 0.15) is 39.0 Å². The number of halogens is 2. The van der Waals surface area contributed by atoms with Crippen molar-refractivity contribution in [3.05, 3.63) is 0 Å². The molecule has 0 aromatic carbocycles. The number of rotatable bonds is 2. The molecule has 1 N–H and O–H groups in total. The SMILES string of the molecule is C[C@@H]1CCCC[C@@]12NC(=O)N(C[C@@H]1CC1(Cl)Cl)C2=O. The number of carbonyl (C=O) groups is 2. The van der Waals surface area contributed by atoms with Crippen molar-refractivity contribution in [1.29, 1.82) is 0 Å². The van der Waals surface area contributed by atoms with E-state index in [-0.39, 0.29) is 23.8 Å². The van der Waals surface area contributed by atoms with Gasteiger partial charge in [-0.3, -0.25) is 9.69 Å². The maximum absolute atomic E-state index is 12.6. The monoisotopic (exact) mass is 304 g/mol. The van der Waals surface area contributed by atoms with Gasteiger partial charge in [0.05, 0.1) is 0 Å². The van der Waals surface area contributed by atoms with E-state index in [1.165, 1.54) is 4.90 Å². The molecule has 1 saturated heterocycles. The molecule has 0 aromatic heterocycles. The summed E-state index contributed by atoms with van der Waals surface area (Å²) in [6.45, 7) is 2.39. The lowest BCUT2D eigenvalue weighted by Crippen LogP contribution is -2.54. The molecule has 106 valence electrons. The Kier molecular flexibility index (Phi) is 3.02. The lowest BCUT2D eigenvalue weighted by atomic mass is 9.73. The Morgan fingerprint density at radius 2 is 2.05 bits per heavy atom. The molecule has 1 heterocycles. The van der Waals surface area contributed by atoms with Crippen LogP contribution in [0.3, 0.4) is 0 Å². The third-order valence-corrected chi connectivity index (χ3v) is 5.79. The van der Waals surface area contributed by atoms with Crippen LogP contribution in [-0.2, 0) is 4.79 Å². The van der Waals surface area contributed by atoms with Crippen LogP contribution in [0, 0.1) is 11.8 Å². The van der Waals surface area contributed by atoms with E-state index >= 15 is 0 Å². The number of hydrogen-bond donors (Lipinski definition) is 1. The second-order valence-electron chi connectivity index (χ2n) is 6.13. The van der Waals surface area contributed by atoms with Crippen molar-refractivity contribution in [2.45, 2.75) is 48.9 Å². The predicted molar refractivity (Wildman–Crippen MR) is 73.2 cm³/mol. The Bertz CT molecular complexity index is 440. The first-order valence-corrected chi connectivity index (χ1v) is 7.64. The van der Waals surface area contributed by atoms with Crippen LogP contribution in [0.2, 0.25) is 0 Å². The van der Waals surface area contributed by atoms with Crippen molar-refractivity contribution in [2.24, 2.45) is 11.8 Å². The maximum atomic E-state index is 12.6. The Labute approximate surface area is 122 Å². The zero-order chi connectivity index (χ0) is 13.8. The third kappa shape index (κ3) is 2.04. The van der Waals surface area contributed by atoms with E-state index in [0.29, 0.717) is 13.0 Å². The van der Waals surface area contributed by atoms with Gasteiger partial charge in [0.1, 0.15) is 9.87 Å². The summed E-state index contributed by atoms with van der Waals surface area (Å²) in [5.74, 6) is 0.124. The number of hydrogen-bond acceptors (Lipinski definition) is 2. The van der Waals surface area contributed by atoms with Crippen molar-refractivity contribution in [3.8, 4) is 0 Å². The Morgan fingerprint density at radius 3 is 2.63 bits per heavy atom. The highest BCUT2D eigenvalue weighted by Crippen LogP contribution is 2.54. The average molecular weight is 305 g/mol. The Morgan fingerprint density at radius 1 is 1.37 bits per heavy atom. The molecule has 0 bridgehead atoms. The summed E-state index contributed by atoms with van der Waals surface area (Å²) < 4.78 is -0.755.